The lowest BCUT2D eigenvalue weighted by Gasteiger charge is -2.27. The molecule has 8 nitrogen and oxygen atoms in total. The van der Waals surface area contributed by atoms with Crippen LogP contribution in [-0.4, -0.2) is 56.6 Å². The molecule has 0 saturated carbocycles. The fourth-order valence-electron chi connectivity index (χ4n) is 3.03. The molecule has 0 unspecified atom stereocenters. The maximum absolute atomic E-state index is 14.6. The van der Waals surface area contributed by atoms with Crippen LogP contribution in [-0.2, 0) is 14.3 Å². The number of ether oxygens (including phenoxy) is 1. The van der Waals surface area contributed by atoms with E-state index in [9.17, 15) is 18.8 Å². The molecule has 1 aromatic carbocycles. The summed E-state index contributed by atoms with van der Waals surface area (Å²) in [6, 6.07) is 6.62. The molecule has 3 rings (SSSR count). The summed E-state index contributed by atoms with van der Waals surface area (Å²) >= 11 is 6.98. The van der Waals surface area contributed by atoms with Gasteiger partial charge in [0.15, 0.2) is 0 Å². The van der Waals surface area contributed by atoms with E-state index in [0.29, 0.717) is 22.4 Å². The van der Waals surface area contributed by atoms with Crippen molar-refractivity contribution in [1.29, 1.82) is 0 Å². The summed E-state index contributed by atoms with van der Waals surface area (Å²) in [5, 5.41) is 8.32. The van der Waals surface area contributed by atoms with E-state index in [1.54, 1.807) is 12.1 Å². The minimum absolute atomic E-state index is 0.0386. The first-order valence-corrected chi connectivity index (χ1v) is 10.8. The van der Waals surface area contributed by atoms with E-state index in [1.165, 1.54) is 17.0 Å². The number of anilines is 2. The largest absolute Gasteiger partial charge is 0.370 e. The molecule has 0 bridgehead atoms. The average Bonchev–Trinajstić information content (AvgIpc) is 3.18. The SMILES string of the molecule is CCN[C@@H](CNC(=O)c1ccc(Cl)s1)C(=O)Nc1ccc(N2CCOCC2=O)c(F)c1. The van der Waals surface area contributed by atoms with Crippen LogP contribution in [0.3, 0.4) is 0 Å². The molecule has 1 saturated heterocycles. The Morgan fingerprint density at radius 2 is 2.13 bits per heavy atom. The van der Waals surface area contributed by atoms with Crippen LogP contribution < -0.4 is 20.9 Å². The predicted molar refractivity (Wildman–Crippen MR) is 117 cm³/mol. The van der Waals surface area contributed by atoms with Crippen molar-refractivity contribution in [1.82, 2.24) is 10.6 Å². The molecule has 1 atom stereocenters. The number of carbonyl (C=O) groups excluding carboxylic acids is 3. The molecule has 3 N–H and O–H groups in total. The Bertz CT molecular complexity index is 970. The minimum Gasteiger partial charge on any atom is -0.370 e. The molecular formula is C20H22ClFN4O4S. The number of amides is 3. The van der Waals surface area contributed by atoms with E-state index in [-0.39, 0.29) is 42.9 Å². The Kier molecular flexibility index (Phi) is 7.97. The highest BCUT2D eigenvalue weighted by molar-refractivity contribution is 7.18. The van der Waals surface area contributed by atoms with Crippen molar-refractivity contribution in [2.24, 2.45) is 0 Å². The van der Waals surface area contributed by atoms with Crippen molar-refractivity contribution in [2.45, 2.75) is 13.0 Å². The van der Waals surface area contributed by atoms with Crippen molar-refractivity contribution in [2.75, 3.05) is 43.1 Å². The second-order valence-corrected chi connectivity index (χ2v) is 8.39. The molecular weight excluding hydrogens is 447 g/mol. The maximum atomic E-state index is 14.6. The van der Waals surface area contributed by atoms with Crippen LogP contribution in [0.4, 0.5) is 15.8 Å². The molecule has 0 spiro atoms. The fourth-order valence-corrected chi connectivity index (χ4v) is 3.99. The second-order valence-electron chi connectivity index (χ2n) is 6.68. The van der Waals surface area contributed by atoms with Gasteiger partial charge in [-0.1, -0.05) is 18.5 Å². The zero-order valence-electron chi connectivity index (χ0n) is 16.7. The number of rotatable bonds is 8. The first-order valence-electron chi connectivity index (χ1n) is 9.64. The average molecular weight is 469 g/mol. The second kappa shape index (κ2) is 10.7. The van der Waals surface area contributed by atoms with E-state index in [1.807, 2.05) is 6.92 Å². The third-order valence-electron chi connectivity index (χ3n) is 4.52. The molecule has 11 heteroatoms. The fraction of sp³-hybridized carbons (Fsp3) is 0.350. The van der Waals surface area contributed by atoms with Crippen molar-refractivity contribution in [3.05, 3.63) is 45.4 Å². The van der Waals surface area contributed by atoms with E-state index in [4.69, 9.17) is 16.3 Å². The van der Waals surface area contributed by atoms with Gasteiger partial charge in [-0.3, -0.25) is 14.4 Å². The van der Waals surface area contributed by atoms with E-state index >= 15 is 0 Å². The third-order valence-corrected chi connectivity index (χ3v) is 5.75. The molecule has 1 aliphatic rings. The summed E-state index contributed by atoms with van der Waals surface area (Å²) in [6.07, 6.45) is 0. The van der Waals surface area contributed by atoms with E-state index in [2.05, 4.69) is 16.0 Å². The Morgan fingerprint density at radius 3 is 2.77 bits per heavy atom. The zero-order chi connectivity index (χ0) is 22.4. The smallest absolute Gasteiger partial charge is 0.261 e. The lowest BCUT2D eigenvalue weighted by atomic mass is 10.2. The summed E-state index contributed by atoms with van der Waals surface area (Å²) in [7, 11) is 0. The number of nitrogens with zero attached hydrogens (tertiary/aromatic N) is 1. The number of hydrogen-bond donors (Lipinski definition) is 3. The van der Waals surface area contributed by atoms with Crippen LogP contribution in [0.1, 0.15) is 16.6 Å². The number of thiophene rings is 1. The molecule has 166 valence electrons. The number of hydrogen-bond acceptors (Lipinski definition) is 6. The van der Waals surface area contributed by atoms with Gasteiger partial charge in [-0.15, -0.1) is 11.3 Å². The highest BCUT2D eigenvalue weighted by Crippen LogP contribution is 2.24. The molecule has 3 amide bonds. The minimum atomic E-state index is -0.729. The van der Waals surface area contributed by atoms with E-state index in [0.717, 1.165) is 17.4 Å². The van der Waals surface area contributed by atoms with Crippen molar-refractivity contribution >= 4 is 52.0 Å². The monoisotopic (exact) mass is 468 g/mol. The number of morpholine rings is 1. The van der Waals surface area contributed by atoms with Gasteiger partial charge in [-0.2, -0.15) is 0 Å². The van der Waals surface area contributed by atoms with Crippen LogP contribution in [0.2, 0.25) is 4.34 Å². The predicted octanol–water partition coefficient (Wildman–Crippen LogP) is 2.25. The number of benzene rings is 1. The van der Waals surface area contributed by atoms with Gasteiger partial charge in [0.2, 0.25) is 5.91 Å². The summed E-state index contributed by atoms with van der Waals surface area (Å²) in [6.45, 7) is 2.86. The topological polar surface area (TPSA) is 99.8 Å². The summed E-state index contributed by atoms with van der Waals surface area (Å²) in [5.74, 6) is -1.72. The third kappa shape index (κ3) is 6.01. The van der Waals surface area contributed by atoms with Crippen LogP contribution in [0.5, 0.6) is 0 Å². The summed E-state index contributed by atoms with van der Waals surface area (Å²) in [5.41, 5.74) is 0.377. The molecule has 31 heavy (non-hydrogen) atoms. The summed E-state index contributed by atoms with van der Waals surface area (Å²) in [4.78, 5) is 38.5. The van der Waals surface area contributed by atoms with Gasteiger partial charge in [0.1, 0.15) is 18.5 Å². The van der Waals surface area contributed by atoms with Crippen LogP contribution in [0.15, 0.2) is 30.3 Å². The number of halogens is 2. The quantitative estimate of drug-likeness (QED) is 0.552. The van der Waals surface area contributed by atoms with Gasteiger partial charge >= 0.3 is 0 Å². The van der Waals surface area contributed by atoms with Crippen LogP contribution in [0, 0.1) is 5.82 Å². The maximum Gasteiger partial charge on any atom is 0.261 e. The van der Waals surface area contributed by atoms with Gasteiger partial charge in [0, 0.05) is 18.8 Å². The molecule has 2 heterocycles. The Morgan fingerprint density at radius 1 is 1.32 bits per heavy atom. The Hall–Kier alpha value is -2.53. The normalized spacial score (nSPS) is 14.9. The van der Waals surface area contributed by atoms with Gasteiger partial charge in [-0.05, 0) is 36.9 Å². The van der Waals surface area contributed by atoms with Crippen LogP contribution in [0.25, 0.3) is 0 Å². The number of carbonyl (C=O) groups is 3. The van der Waals surface area contributed by atoms with Gasteiger partial charge < -0.3 is 25.6 Å². The number of likely N-dealkylation sites (N-methyl/N-ethyl adjacent to an activating group) is 1. The van der Waals surface area contributed by atoms with Gasteiger partial charge in [0.25, 0.3) is 11.8 Å². The zero-order valence-corrected chi connectivity index (χ0v) is 18.3. The standard InChI is InChI=1S/C20H22ClFN4O4S/c1-2-23-14(10-24-20(29)16-5-6-17(21)31-16)19(28)25-12-3-4-15(13(22)9-12)26-7-8-30-11-18(26)27/h3-6,9,14,23H,2,7-8,10-11H2,1H3,(H,24,29)(H,25,28)/t14-/m0/s1. The van der Waals surface area contributed by atoms with Gasteiger partial charge in [0.05, 0.1) is 21.5 Å². The van der Waals surface area contributed by atoms with Crippen LogP contribution >= 0.6 is 22.9 Å². The molecule has 2 aromatic rings. The van der Waals surface area contributed by atoms with Gasteiger partial charge in [-0.25, -0.2) is 4.39 Å². The summed E-state index contributed by atoms with van der Waals surface area (Å²) < 4.78 is 20.1. The Labute approximate surface area is 187 Å². The first-order chi connectivity index (χ1) is 14.9. The highest BCUT2D eigenvalue weighted by Gasteiger charge is 2.24. The first kappa shape index (κ1) is 23.1. The van der Waals surface area contributed by atoms with Crippen molar-refractivity contribution < 1.29 is 23.5 Å². The molecule has 0 radical (unpaired) electrons. The molecule has 1 aliphatic heterocycles. The molecule has 1 aromatic heterocycles. The van der Waals surface area contributed by atoms with Crippen molar-refractivity contribution in [3.8, 4) is 0 Å². The highest BCUT2D eigenvalue weighted by atomic mass is 35.5. The van der Waals surface area contributed by atoms with Crippen molar-refractivity contribution in [3.63, 3.8) is 0 Å². The Balaban J connectivity index is 1.62. The molecule has 0 aliphatic carbocycles. The molecule has 1 fully saturated rings. The van der Waals surface area contributed by atoms with E-state index < -0.39 is 17.8 Å². The lowest BCUT2D eigenvalue weighted by molar-refractivity contribution is -0.125. The number of nitrogens with one attached hydrogen (secondary N) is 3. The lowest BCUT2D eigenvalue weighted by Crippen LogP contribution is -2.48.